The average Bonchev–Trinajstić information content (AvgIpc) is 2.78. The third-order valence-electron chi connectivity index (χ3n) is 3.32. The number of carbonyl (C=O) groups is 1. The van der Waals surface area contributed by atoms with Gasteiger partial charge < -0.3 is 11.1 Å². The van der Waals surface area contributed by atoms with Gasteiger partial charge in [0.2, 0.25) is 5.91 Å². The van der Waals surface area contributed by atoms with Gasteiger partial charge in [-0.25, -0.2) is 9.97 Å². The van der Waals surface area contributed by atoms with Crippen LogP contribution in [0.3, 0.4) is 0 Å². The molecule has 114 valence electrons. The molecule has 0 aliphatic carbocycles. The zero-order valence-electron chi connectivity index (χ0n) is 12.5. The molecule has 0 radical (unpaired) electrons. The van der Waals surface area contributed by atoms with Gasteiger partial charge in [-0.15, -0.1) is 11.3 Å². The lowest BCUT2D eigenvalue weighted by Crippen LogP contribution is -2.32. The maximum atomic E-state index is 11.8. The molecule has 2 rings (SSSR count). The van der Waals surface area contributed by atoms with Crippen LogP contribution in [0.4, 0.5) is 0 Å². The van der Waals surface area contributed by atoms with Gasteiger partial charge in [-0.05, 0) is 31.9 Å². The highest BCUT2D eigenvalue weighted by molar-refractivity contribution is 8.00. The molecule has 0 saturated carbocycles. The maximum Gasteiger partial charge on any atom is 0.230 e. The van der Waals surface area contributed by atoms with Crippen LogP contribution in [0.15, 0.2) is 11.4 Å². The number of amides is 1. The molecule has 0 aliphatic rings. The summed E-state index contributed by atoms with van der Waals surface area (Å²) in [4.78, 5) is 22.7. The smallest absolute Gasteiger partial charge is 0.230 e. The number of nitrogens with zero attached hydrogens (tertiary/aromatic N) is 2. The first-order valence-corrected chi connectivity index (χ1v) is 8.63. The molecule has 21 heavy (non-hydrogen) atoms. The fourth-order valence-corrected chi connectivity index (χ4v) is 3.76. The molecule has 0 aliphatic heterocycles. The summed E-state index contributed by atoms with van der Waals surface area (Å²) >= 11 is 3.12. The van der Waals surface area contributed by atoms with Crippen LogP contribution in [-0.4, -0.2) is 34.7 Å². The predicted octanol–water partition coefficient (Wildman–Crippen LogP) is 2.11. The van der Waals surface area contributed by atoms with E-state index in [1.807, 2.05) is 6.92 Å². The lowest BCUT2D eigenvalue weighted by Gasteiger charge is -2.09. The minimum absolute atomic E-state index is 0.0108. The monoisotopic (exact) mass is 324 g/mol. The standard InChI is InChI=1S/C14H20N4OS2/c1-8(4-15)5-16-11(19)6-20-13-12-9(2)10(3)21-14(12)18-7-17-13/h7-8H,4-6,15H2,1-3H3,(H,16,19). The van der Waals surface area contributed by atoms with Crippen molar-refractivity contribution in [3.05, 3.63) is 16.8 Å². The van der Waals surface area contributed by atoms with Crippen LogP contribution >= 0.6 is 23.1 Å². The maximum absolute atomic E-state index is 11.8. The number of thioether (sulfide) groups is 1. The summed E-state index contributed by atoms with van der Waals surface area (Å²) < 4.78 is 0. The summed E-state index contributed by atoms with van der Waals surface area (Å²) in [6, 6.07) is 0. The molecular formula is C14H20N4OS2. The fraction of sp³-hybridized carbons (Fsp3) is 0.500. The van der Waals surface area contributed by atoms with Gasteiger partial charge in [0.1, 0.15) is 16.2 Å². The summed E-state index contributed by atoms with van der Waals surface area (Å²) in [6.45, 7) is 7.36. The van der Waals surface area contributed by atoms with E-state index in [0.29, 0.717) is 24.8 Å². The molecule has 5 nitrogen and oxygen atoms in total. The minimum Gasteiger partial charge on any atom is -0.355 e. The number of fused-ring (bicyclic) bond motifs is 1. The van der Waals surface area contributed by atoms with E-state index in [4.69, 9.17) is 5.73 Å². The molecule has 0 saturated heterocycles. The molecule has 1 amide bonds. The minimum atomic E-state index is 0.0108. The van der Waals surface area contributed by atoms with Crippen molar-refractivity contribution in [1.82, 2.24) is 15.3 Å². The number of carbonyl (C=O) groups excluding carboxylic acids is 1. The highest BCUT2D eigenvalue weighted by atomic mass is 32.2. The van der Waals surface area contributed by atoms with Gasteiger partial charge in [-0.1, -0.05) is 18.7 Å². The van der Waals surface area contributed by atoms with Crippen molar-refractivity contribution in [3.63, 3.8) is 0 Å². The Morgan fingerprint density at radius 1 is 1.48 bits per heavy atom. The second-order valence-electron chi connectivity index (χ2n) is 5.08. The van der Waals surface area contributed by atoms with Gasteiger partial charge >= 0.3 is 0 Å². The van der Waals surface area contributed by atoms with Crippen LogP contribution in [0, 0.1) is 19.8 Å². The van der Waals surface area contributed by atoms with Crippen molar-refractivity contribution in [1.29, 1.82) is 0 Å². The van der Waals surface area contributed by atoms with Crippen LogP contribution in [-0.2, 0) is 4.79 Å². The molecule has 0 aromatic carbocycles. The fourth-order valence-electron chi connectivity index (χ4n) is 1.82. The Bertz CT molecular complexity index is 641. The lowest BCUT2D eigenvalue weighted by molar-refractivity contribution is -0.118. The highest BCUT2D eigenvalue weighted by Gasteiger charge is 2.13. The Balaban J connectivity index is 2.02. The van der Waals surface area contributed by atoms with Crippen LogP contribution in [0.2, 0.25) is 0 Å². The third kappa shape index (κ3) is 3.93. The van der Waals surface area contributed by atoms with E-state index in [1.165, 1.54) is 22.2 Å². The van der Waals surface area contributed by atoms with Crippen LogP contribution in [0.1, 0.15) is 17.4 Å². The van der Waals surface area contributed by atoms with Gasteiger partial charge in [0.15, 0.2) is 0 Å². The number of nitrogens with one attached hydrogen (secondary N) is 1. The lowest BCUT2D eigenvalue weighted by atomic mass is 10.2. The van der Waals surface area contributed by atoms with Crippen molar-refractivity contribution in [3.8, 4) is 0 Å². The van der Waals surface area contributed by atoms with E-state index in [1.54, 1.807) is 17.7 Å². The van der Waals surface area contributed by atoms with Gasteiger partial charge in [0.05, 0.1) is 5.75 Å². The molecule has 7 heteroatoms. The summed E-state index contributed by atoms with van der Waals surface area (Å²) in [6.07, 6.45) is 1.56. The number of hydrogen-bond acceptors (Lipinski definition) is 6. The SMILES string of the molecule is Cc1sc2ncnc(SCC(=O)NCC(C)CN)c2c1C. The number of aryl methyl sites for hydroxylation is 2. The normalized spacial score (nSPS) is 12.6. The Labute approximate surface area is 132 Å². The number of nitrogens with two attached hydrogens (primary N) is 1. The summed E-state index contributed by atoms with van der Waals surface area (Å²) in [7, 11) is 0. The number of aromatic nitrogens is 2. The van der Waals surface area contributed by atoms with E-state index < -0.39 is 0 Å². The van der Waals surface area contributed by atoms with E-state index in [2.05, 4.69) is 29.1 Å². The van der Waals surface area contributed by atoms with Crippen molar-refractivity contribution >= 4 is 39.2 Å². The largest absolute Gasteiger partial charge is 0.355 e. The number of thiophene rings is 1. The first-order valence-electron chi connectivity index (χ1n) is 6.83. The van der Waals surface area contributed by atoms with Crippen LogP contribution < -0.4 is 11.1 Å². The zero-order valence-corrected chi connectivity index (χ0v) is 14.1. The molecule has 0 fully saturated rings. The van der Waals surface area contributed by atoms with E-state index in [9.17, 15) is 4.79 Å². The summed E-state index contributed by atoms with van der Waals surface area (Å²) in [5.41, 5.74) is 6.74. The van der Waals surface area contributed by atoms with Crippen LogP contribution in [0.5, 0.6) is 0 Å². The third-order valence-corrected chi connectivity index (χ3v) is 5.43. The van der Waals surface area contributed by atoms with Crippen molar-refractivity contribution in [2.75, 3.05) is 18.8 Å². The van der Waals surface area contributed by atoms with Crippen molar-refractivity contribution in [2.24, 2.45) is 11.7 Å². The molecule has 1 atom stereocenters. The Kier molecular flexibility index (Phi) is 5.55. The predicted molar refractivity (Wildman–Crippen MR) is 88.8 cm³/mol. The topological polar surface area (TPSA) is 80.9 Å². The molecule has 2 heterocycles. The first-order chi connectivity index (χ1) is 10.0. The quantitative estimate of drug-likeness (QED) is 0.628. The van der Waals surface area contributed by atoms with Gasteiger partial charge in [0, 0.05) is 16.8 Å². The Morgan fingerprint density at radius 2 is 2.24 bits per heavy atom. The van der Waals surface area contributed by atoms with Crippen LogP contribution in [0.25, 0.3) is 10.2 Å². The van der Waals surface area contributed by atoms with E-state index in [0.717, 1.165) is 15.2 Å². The second-order valence-corrected chi connectivity index (χ2v) is 7.24. The molecule has 1 unspecified atom stereocenters. The summed E-state index contributed by atoms with van der Waals surface area (Å²) in [5.74, 6) is 0.667. The zero-order chi connectivity index (χ0) is 15.4. The highest BCUT2D eigenvalue weighted by Crippen LogP contribution is 2.34. The van der Waals surface area contributed by atoms with Crippen molar-refractivity contribution < 1.29 is 4.79 Å². The average molecular weight is 324 g/mol. The molecule has 0 spiro atoms. The summed E-state index contributed by atoms with van der Waals surface area (Å²) in [5, 5.41) is 4.85. The van der Waals surface area contributed by atoms with Crippen molar-refractivity contribution in [2.45, 2.75) is 25.8 Å². The first kappa shape index (κ1) is 16.2. The molecule has 2 aromatic heterocycles. The van der Waals surface area contributed by atoms with E-state index in [-0.39, 0.29) is 5.91 Å². The van der Waals surface area contributed by atoms with Gasteiger partial charge in [-0.2, -0.15) is 0 Å². The molecule has 0 bridgehead atoms. The molecular weight excluding hydrogens is 304 g/mol. The number of hydrogen-bond donors (Lipinski definition) is 2. The molecule has 3 N–H and O–H groups in total. The second kappa shape index (κ2) is 7.20. The van der Waals surface area contributed by atoms with E-state index >= 15 is 0 Å². The molecule has 2 aromatic rings. The van der Waals surface area contributed by atoms with Gasteiger partial charge in [-0.3, -0.25) is 4.79 Å². The Morgan fingerprint density at radius 3 is 2.95 bits per heavy atom. The Hall–Kier alpha value is -1.18. The number of rotatable bonds is 6. The van der Waals surface area contributed by atoms with Gasteiger partial charge in [0.25, 0.3) is 0 Å².